The molecule has 3 heteroatoms. The fourth-order valence-electron chi connectivity index (χ4n) is 2.57. The number of ether oxygens (including phenoxy) is 1. The molecule has 0 bridgehead atoms. The number of nitrogens with zero attached hydrogens (tertiary/aromatic N) is 1. The number of H-pyrrole nitrogens is 1. The number of benzene rings is 2. The minimum Gasteiger partial charge on any atom is -0.457 e. The van der Waals surface area contributed by atoms with Gasteiger partial charge >= 0.3 is 0 Å². The first-order valence-corrected chi connectivity index (χ1v) is 8.41. The third kappa shape index (κ3) is 3.45. The molecular formula is C21H26N2O. The second kappa shape index (κ2) is 5.66. The fourth-order valence-corrected chi connectivity index (χ4v) is 2.57. The number of nitrogens with one attached hydrogen (secondary N) is 1. The standard InChI is InChI=1S/C21H26N2O/c1-20(2,3)14-7-9-15(10-8-14)24-16-11-12-17-18(13-16)23-19(22-17)21(4,5)6/h7-13H,1-6H3,(H,22,23). The topological polar surface area (TPSA) is 37.9 Å². The summed E-state index contributed by atoms with van der Waals surface area (Å²) >= 11 is 0. The Bertz CT molecular complexity index is 846. The Kier molecular flexibility index (Phi) is 3.90. The summed E-state index contributed by atoms with van der Waals surface area (Å²) in [6.07, 6.45) is 0. The van der Waals surface area contributed by atoms with Crippen molar-refractivity contribution in [1.29, 1.82) is 0 Å². The molecule has 0 aliphatic rings. The summed E-state index contributed by atoms with van der Waals surface area (Å²) in [7, 11) is 0. The Labute approximate surface area is 144 Å². The first-order chi connectivity index (χ1) is 11.1. The van der Waals surface area contributed by atoms with Crippen molar-refractivity contribution in [3.05, 3.63) is 53.9 Å². The van der Waals surface area contributed by atoms with Gasteiger partial charge in [-0.25, -0.2) is 4.98 Å². The van der Waals surface area contributed by atoms with Gasteiger partial charge in [0, 0.05) is 11.5 Å². The van der Waals surface area contributed by atoms with Gasteiger partial charge in [-0.05, 0) is 35.2 Å². The molecule has 0 spiro atoms. The third-order valence-corrected chi connectivity index (χ3v) is 4.12. The lowest BCUT2D eigenvalue weighted by Gasteiger charge is -2.19. The molecule has 126 valence electrons. The van der Waals surface area contributed by atoms with E-state index in [-0.39, 0.29) is 10.8 Å². The summed E-state index contributed by atoms with van der Waals surface area (Å²) in [5.41, 5.74) is 3.42. The molecule has 1 aromatic heterocycles. The smallest absolute Gasteiger partial charge is 0.129 e. The first kappa shape index (κ1) is 16.6. The molecule has 3 aromatic rings. The van der Waals surface area contributed by atoms with Crippen LogP contribution in [0.3, 0.4) is 0 Å². The molecule has 0 amide bonds. The number of imidazole rings is 1. The van der Waals surface area contributed by atoms with Crippen LogP contribution in [0.1, 0.15) is 52.9 Å². The van der Waals surface area contributed by atoms with Crippen molar-refractivity contribution in [2.45, 2.75) is 52.4 Å². The summed E-state index contributed by atoms with van der Waals surface area (Å²) in [6, 6.07) is 14.3. The maximum Gasteiger partial charge on any atom is 0.129 e. The van der Waals surface area contributed by atoms with Crippen LogP contribution in [0.25, 0.3) is 11.0 Å². The van der Waals surface area contributed by atoms with Crippen LogP contribution in [0.15, 0.2) is 42.5 Å². The zero-order chi connectivity index (χ0) is 17.5. The second-order valence-corrected chi connectivity index (χ2v) is 8.39. The van der Waals surface area contributed by atoms with Gasteiger partial charge in [0.1, 0.15) is 17.3 Å². The van der Waals surface area contributed by atoms with Gasteiger partial charge in [-0.1, -0.05) is 53.7 Å². The largest absolute Gasteiger partial charge is 0.457 e. The molecule has 0 aliphatic carbocycles. The Morgan fingerprint density at radius 2 is 1.42 bits per heavy atom. The number of hydrogen-bond donors (Lipinski definition) is 1. The van der Waals surface area contributed by atoms with E-state index in [1.54, 1.807) is 0 Å². The van der Waals surface area contributed by atoms with Gasteiger partial charge in [0.25, 0.3) is 0 Å². The van der Waals surface area contributed by atoms with Gasteiger partial charge in [0.2, 0.25) is 0 Å². The van der Waals surface area contributed by atoms with Crippen LogP contribution in [0.5, 0.6) is 11.5 Å². The first-order valence-electron chi connectivity index (χ1n) is 8.41. The van der Waals surface area contributed by atoms with Crippen molar-refractivity contribution in [2.24, 2.45) is 0 Å². The number of hydrogen-bond acceptors (Lipinski definition) is 2. The third-order valence-electron chi connectivity index (χ3n) is 4.12. The lowest BCUT2D eigenvalue weighted by molar-refractivity contribution is 0.482. The van der Waals surface area contributed by atoms with Gasteiger partial charge in [-0.3, -0.25) is 0 Å². The molecule has 0 fully saturated rings. The van der Waals surface area contributed by atoms with E-state index in [2.05, 4.69) is 63.6 Å². The van der Waals surface area contributed by atoms with Gasteiger partial charge in [0.15, 0.2) is 0 Å². The van der Waals surface area contributed by atoms with E-state index >= 15 is 0 Å². The van der Waals surface area contributed by atoms with Crippen LogP contribution in [0.4, 0.5) is 0 Å². The molecule has 3 nitrogen and oxygen atoms in total. The maximum absolute atomic E-state index is 6.00. The second-order valence-electron chi connectivity index (χ2n) is 8.39. The van der Waals surface area contributed by atoms with Gasteiger partial charge in [-0.2, -0.15) is 0 Å². The summed E-state index contributed by atoms with van der Waals surface area (Å²) in [4.78, 5) is 8.06. The van der Waals surface area contributed by atoms with Crippen LogP contribution >= 0.6 is 0 Å². The highest BCUT2D eigenvalue weighted by atomic mass is 16.5. The molecule has 0 saturated heterocycles. The highest BCUT2D eigenvalue weighted by Gasteiger charge is 2.18. The highest BCUT2D eigenvalue weighted by molar-refractivity contribution is 5.77. The fraction of sp³-hybridized carbons (Fsp3) is 0.381. The molecule has 1 N–H and O–H groups in total. The van der Waals surface area contributed by atoms with E-state index in [0.717, 1.165) is 28.4 Å². The highest BCUT2D eigenvalue weighted by Crippen LogP contribution is 2.29. The molecule has 1 heterocycles. The van der Waals surface area contributed by atoms with Crippen LogP contribution in [-0.4, -0.2) is 9.97 Å². The van der Waals surface area contributed by atoms with Gasteiger partial charge in [-0.15, -0.1) is 0 Å². The predicted molar refractivity (Wildman–Crippen MR) is 100 cm³/mol. The Hall–Kier alpha value is -2.29. The SMILES string of the molecule is CC(C)(C)c1ccc(Oc2ccc3nc(C(C)(C)C)[nH]c3c2)cc1. The molecule has 0 unspecified atom stereocenters. The molecule has 24 heavy (non-hydrogen) atoms. The normalized spacial score (nSPS) is 12.6. The summed E-state index contributed by atoms with van der Waals surface area (Å²) in [5, 5.41) is 0. The lowest BCUT2D eigenvalue weighted by atomic mass is 9.87. The van der Waals surface area contributed by atoms with E-state index in [1.165, 1.54) is 5.56 Å². The summed E-state index contributed by atoms with van der Waals surface area (Å²) < 4.78 is 6.00. The number of fused-ring (bicyclic) bond motifs is 1. The van der Waals surface area contributed by atoms with Gasteiger partial charge < -0.3 is 9.72 Å². The van der Waals surface area contributed by atoms with Crippen molar-refractivity contribution in [3.63, 3.8) is 0 Å². The number of aromatic amines is 1. The average molecular weight is 322 g/mol. The predicted octanol–water partition coefficient (Wildman–Crippen LogP) is 5.95. The quantitative estimate of drug-likeness (QED) is 0.633. The maximum atomic E-state index is 6.00. The van der Waals surface area contributed by atoms with Gasteiger partial charge in [0.05, 0.1) is 11.0 Å². The monoisotopic (exact) mass is 322 g/mol. The van der Waals surface area contributed by atoms with E-state index in [9.17, 15) is 0 Å². The zero-order valence-electron chi connectivity index (χ0n) is 15.4. The van der Waals surface area contributed by atoms with Crippen molar-refractivity contribution < 1.29 is 4.74 Å². The Morgan fingerprint density at radius 3 is 2.00 bits per heavy atom. The number of rotatable bonds is 2. The molecule has 0 aliphatic heterocycles. The van der Waals surface area contributed by atoms with Crippen LogP contribution in [0.2, 0.25) is 0 Å². The summed E-state index contributed by atoms with van der Waals surface area (Å²) in [5.74, 6) is 2.65. The van der Waals surface area contributed by atoms with Crippen LogP contribution in [0, 0.1) is 0 Å². The molecule has 3 rings (SSSR count). The van der Waals surface area contributed by atoms with Crippen molar-refractivity contribution >= 4 is 11.0 Å². The molecule has 0 radical (unpaired) electrons. The van der Waals surface area contributed by atoms with E-state index < -0.39 is 0 Å². The minimum atomic E-state index is 0.00280. The molecule has 2 aromatic carbocycles. The Morgan fingerprint density at radius 1 is 0.792 bits per heavy atom. The van der Waals surface area contributed by atoms with E-state index in [4.69, 9.17) is 4.74 Å². The zero-order valence-corrected chi connectivity index (χ0v) is 15.4. The lowest BCUT2D eigenvalue weighted by Crippen LogP contribution is -2.12. The van der Waals surface area contributed by atoms with E-state index in [1.807, 2.05) is 30.3 Å². The molecular weight excluding hydrogens is 296 g/mol. The molecule has 0 atom stereocenters. The minimum absolute atomic E-state index is 0.00280. The van der Waals surface area contributed by atoms with Crippen molar-refractivity contribution in [1.82, 2.24) is 9.97 Å². The van der Waals surface area contributed by atoms with E-state index in [0.29, 0.717) is 0 Å². The van der Waals surface area contributed by atoms with Crippen molar-refractivity contribution in [3.8, 4) is 11.5 Å². The van der Waals surface area contributed by atoms with Crippen molar-refractivity contribution in [2.75, 3.05) is 0 Å². The number of aromatic nitrogens is 2. The Balaban J connectivity index is 1.85. The summed E-state index contributed by atoms with van der Waals surface area (Å²) in [6.45, 7) is 13.1. The molecule has 0 saturated carbocycles. The van der Waals surface area contributed by atoms with Crippen LogP contribution in [-0.2, 0) is 10.8 Å². The average Bonchev–Trinajstić information content (AvgIpc) is 2.90. The van der Waals surface area contributed by atoms with Crippen LogP contribution < -0.4 is 4.74 Å².